The lowest BCUT2D eigenvalue weighted by atomic mass is 9.96. The molecule has 3 aromatic heterocycles. The van der Waals surface area contributed by atoms with E-state index in [0.717, 1.165) is 48.2 Å². The Hall–Kier alpha value is -3.22. The number of aryl methyl sites for hydroxylation is 1. The van der Waals surface area contributed by atoms with Crippen LogP contribution in [-0.2, 0) is 13.6 Å². The van der Waals surface area contributed by atoms with Crippen LogP contribution >= 0.6 is 11.3 Å². The quantitative estimate of drug-likeness (QED) is 0.401. The Morgan fingerprint density at radius 2 is 2.00 bits per heavy atom. The van der Waals surface area contributed by atoms with E-state index >= 15 is 0 Å². The molecule has 0 bridgehead atoms. The van der Waals surface area contributed by atoms with Crippen molar-refractivity contribution >= 4 is 38.3 Å². The molecule has 0 saturated carbocycles. The predicted molar refractivity (Wildman–Crippen MR) is 141 cm³/mol. The Morgan fingerprint density at radius 1 is 1.20 bits per heavy atom. The first kappa shape index (κ1) is 23.5. The number of rotatable bonds is 6. The zero-order chi connectivity index (χ0) is 24.7. The van der Waals surface area contributed by atoms with Gasteiger partial charge in [0.1, 0.15) is 12.1 Å². The summed E-state index contributed by atoms with van der Waals surface area (Å²) in [6, 6.07) is 11.4. The van der Waals surface area contributed by atoms with Crippen molar-refractivity contribution in [1.29, 1.82) is 5.26 Å². The van der Waals surface area contributed by atoms with E-state index in [0.29, 0.717) is 6.04 Å². The minimum atomic E-state index is -0.0562. The second-order valence-corrected chi connectivity index (χ2v) is 10.3. The van der Waals surface area contributed by atoms with Crippen LogP contribution in [0, 0.1) is 11.3 Å². The van der Waals surface area contributed by atoms with E-state index in [1.54, 1.807) is 39.9 Å². The number of fused-ring (bicyclic) bond motifs is 2. The van der Waals surface area contributed by atoms with E-state index in [1.165, 1.54) is 10.3 Å². The number of nitrogens with zero attached hydrogens (tertiary/aromatic N) is 7. The van der Waals surface area contributed by atoms with Gasteiger partial charge in [-0.2, -0.15) is 10.4 Å². The van der Waals surface area contributed by atoms with Crippen LogP contribution < -0.4 is 10.5 Å². The topological polar surface area (TPSA) is 83.0 Å². The van der Waals surface area contributed by atoms with Gasteiger partial charge >= 0.3 is 0 Å². The minimum absolute atomic E-state index is 0.0562. The van der Waals surface area contributed by atoms with Crippen LogP contribution in [0.25, 0.3) is 21.3 Å². The maximum Gasteiger partial charge on any atom is 0.252 e. The van der Waals surface area contributed by atoms with E-state index in [9.17, 15) is 4.79 Å². The largest absolute Gasteiger partial charge is 0.364 e. The number of hydrogen-bond acceptors (Lipinski definition) is 7. The Labute approximate surface area is 209 Å². The highest BCUT2D eigenvalue weighted by molar-refractivity contribution is 7.16. The maximum absolute atomic E-state index is 12.9. The van der Waals surface area contributed by atoms with Crippen molar-refractivity contribution < 1.29 is 0 Å². The molecule has 4 heterocycles. The van der Waals surface area contributed by atoms with Gasteiger partial charge in [-0.15, -0.1) is 11.3 Å². The summed E-state index contributed by atoms with van der Waals surface area (Å²) < 4.78 is 4.46. The van der Waals surface area contributed by atoms with Crippen molar-refractivity contribution in [3.05, 3.63) is 51.9 Å². The van der Waals surface area contributed by atoms with E-state index in [1.807, 2.05) is 5.51 Å². The van der Waals surface area contributed by atoms with Crippen LogP contribution in [0.5, 0.6) is 0 Å². The van der Waals surface area contributed by atoms with E-state index in [-0.39, 0.29) is 24.2 Å². The smallest absolute Gasteiger partial charge is 0.252 e. The fourth-order valence-electron chi connectivity index (χ4n) is 5.39. The van der Waals surface area contributed by atoms with Crippen molar-refractivity contribution in [1.82, 2.24) is 24.2 Å². The summed E-state index contributed by atoms with van der Waals surface area (Å²) in [5, 5.41) is 13.9. The summed E-state index contributed by atoms with van der Waals surface area (Å²) in [6.45, 7) is 8.62. The zero-order valence-electron chi connectivity index (χ0n) is 20.7. The molecule has 182 valence electrons. The van der Waals surface area contributed by atoms with Gasteiger partial charge < -0.3 is 9.47 Å². The lowest BCUT2D eigenvalue weighted by Gasteiger charge is -2.49. The number of pyridine rings is 1. The molecule has 9 heteroatoms. The van der Waals surface area contributed by atoms with Gasteiger partial charge in [0, 0.05) is 44.3 Å². The van der Waals surface area contributed by atoms with Gasteiger partial charge in [0.15, 0.2) is 0 Å². The van der Waals surface area contributed by atoms with Crippen LogP contribution in [0.2, 0.25) is 0 Å². The van der Waals surface area contributed by atoms with Crippen molar-refractivity contribution in [3.63, 3.8) is 0 Å². The molecule has 3 atom stereocenters. The van der Waals surface area contributed by atoms with E-state index in [4.69, 9.17) is 10.4 Å². The predicted octanol–water partition coefficient (Wildman–Crippen LogP) is 4.31. The fraction of sp³-hybridized carbons (Fsp3) is 0.462. The molecule has 0 radical (unpaired) electrons. The number of anilines is 1. The van der Waals surface area contributed by atoms with Crippen molar-refractivity contribution in [2.75, 3.05) is 18.0 Å². The minimum Gasteiger partial charge on any atom is -0.364 e. The molecule has 1 aromatic carbocycles. The molecule has 0 spiro atoms. The lowest BCUT2D eigenvalue weighted by molar-refractivity contribution is 0.101. The molecule has 1 saturated heterocycles. The van der Waals surface area contributed by atoms with Crippen LogP contribution in [0.1, 0.15) is 45.2 Å². The summed E-state index contributed by atoms with van der Waals surface area (Å²) in [4.78, 5) is 22.4. The highest BCUT2D eigenvalue weighted by Gasteiger charge is 2.36. The van der Waals surface area contributed by atoms with Gasteiger partial charge in [-0.25, -0.2) is 4.98 Å². The Morgan fingerprint density at radius 3 is 2.74 bits per heavy atom. The number of nitriles is 1. The van der Waals surface area contributed by atoms with E-state index in [2.05, 4.69) is 59.8 Å². The Bertz CT molecular complexity index is 1460. The summed E-state index contributed by atoms with van der Waals surface area (Å²) in [5.74, 6) is 0. The molecule has 8 nitrogen and oxygen atoms in total. The van der Waals surface area contributed by atoms with Gasteiger partial charge in [-0.05, 0) is 37.5 Å². The maximum atomic E-state index is 12.9. The molecule has 4 aromatic rings. The van der Waals surface area contributed by atoms with Crippen LogP contribution in [0.3, 0.4) is 0 Å². The summed E-state index contributed by atoms with van der Waals surface area (Å²) in [7, 11) is 1.76. The van der Waals surface area contributed by atoms with Crippen molar-refractivity contribution in [3.8, 4) is 6.07 Å². The third-order valence-electron chi connectivity index (χ3n) is 7.49. The highest BCUT2D eigenvalue weighted by atomic mass is 32.1. The first-order valence-electron chi connectivity index (χ1n) is 12.2. The molecular formula is C26H31N7OS. The molecular weight excluding hydrogens is 458 g/mol. The lowest BCUT2D eigenvalue weighted by Crippen LogP contribution is -2.58. The average Bonchev–Trinajstić information content (AvgIpc) is 3.52. The number of benzene rings is 1. The highest BCUT2D eigenvalue weighted by Crippen LogP contribution is 2.35. The van der Waals surface area contributed by atoms with Crippen LogP contribution in [0.15, 0.2) is 40.8 Å². The molecule has 0 N–H and O–H groups in total. The fourth-order valence-corrected chi connectivity index (χ4v) is 6.05. The third kappa shape index (κ3) is 4.11. The van der Waals surface area contributed by atoms with Crippen molar-refractivity contribution in [2.45, 2.75) is 58.3 Å². The number of hydrogen-bond donors (Lipinski definition) is 0. The monoisotopic (exact) mass is 489 g/mol. The van der Waals surface area contributed by atoms with Crippen LogP contribution in [0.4, 0.5) is 5.69 Å². The van der Waals surface area contributed by atoms with E-state index < -0.39 is 0 Å². The van der Waals surface area contributed by atoms with Crippen LogP contribution in [-0.4, -0.2) is 49.4 Å². The molecule has 0 unspecified atom stereocenters. The summed E-state index contributed by atoms with van der Waals surface area (Å²) in [6.07, 6.45) is 3.77. The standard InChI is InChI=1S/C26H31N7OS/c1-5-19-14-33(22-12-25(34)30(4)23-15-31(10-9-27)29-26(22)23)20(6-2)13-32(19)17(3)18-7-8-24-21(11-18)28-16-35-24/h7-8,11-12,15-17,19-20H,5-6,10,13-14H2,1-4H3/t17-,19-,20+/m1/s1. The molecule has 0 amide bonds. The van der Waals surface area contributed by atoms with Gasteiger partial charge in [-0.3, -0.25) is 14.4 Å². The molecule has 1 aliphatic heterocycles. The number of aromatic nitrogens is 4. The van der Waals surface area contributed by atoms with Crippen molar-refractivity contribution in [2.24, 2.45) is 7.05 Å². The molecule has 5 rings (SSSR count). The molecule has 1 fully saturated rings. The first-order valence-corrected chi connectivity index (χ1v) is 13.1. The SMILES string of the molecule is CC[C@H]1CN([C@H](C)c2ccc3scnc3c2)[C@H](CC)CN1c1cc(=O)n(C)c2cn(CC#N)nc12. The van der Waals surface area contributed by atoms with Gasteiger partial charge in [0.2, 0.25) is 0 Å². The van der Waals surface area contributed by atoms with Gasteiger partial charge in [0.05, 0.1) is 39.2 Å². The van der Waals surface area contributed by atoms with Gasteiger partial charge in [-0.1, -0.05) is 19.9 Å². The normalized spacial score (nSPS) is 19.9. The second-order valence-electron chi connectivity index (χ2n) is 9.37. The number of piperazine rings is 1. The van der Waals surface area contributed by atoms with Gasteiger partial charge in [0.25, 0.3) is 5.56 Å². The molecule has 35 heavy (non-hydrogen) atoms. The number of thiazole rings is 1. The summed E-state index contributed by atoms with van der Waals surface area (Å²) >= 11 is 1.67. The molecule has 0 aliphatic carbocycles. The third-order valence-corrected chi connectivity index (χ3v) is 8.30. The second kappa shape index (κ2) is 9.44. The first-order chi connectivity index (χ1) is 16.9. The Kier molecular flexibility index (Phi) is 6.34. The average molecular weight is 490 g/mol. The summed E-state index contributed by atoms with van der Waals surface area (Å²) in [5.41, 5.74) is 6.62. The Balaban J connectivity index is 1.51. The molecule has 1 aliphatic rings. The zero-order valence-corrected chi connectivity index (χ0v) is 21.5.